The van der Waals surface area contributed by atoms with Gasteiger partial charge in [0.15, 0.2) is 0 Å². The molecule has 1 aliphatic carbocycles. The van der Waals surface area contributed by atoms with E-state index in [1.54, 1.807) is 0 Å². The van der Waals surface area contributed by atoms with Crippen LogP contribution in [0.25, 0.3) is 18.2 Å². The van der Waals surface area contributed by atoms with Crippen molar-refractivity contribution >= 4 is 23.9 Å². The first-order valence-corrected chi connectivity index (χ1v) is 7.34. The van der Waals surface area contributed by atoms with E-state index in [-0.39, 0.29) is 0 Å². The lowest BCUT2D eigenvalue weighted by atomic mass is 9.90. The number of nitrogens with zero attached hydrogens (tertiary/aromatic N) is 2. The zero-order chi connectivity index (χ0) is 14.7. The molecule has 0 aliphatic heterocycles. The van der Waals surface area contributed by atoms with Crippen LogP contribution in [0, 0.1) is 0 Å². The van der Waals surface area contributed by atoms with Crippen molar-refractivity contribution in [1.82, 2.24) is 4.98 Å². The number of allylic oxidation sites excluding steroid dienone is 1. The van der Waals surface area contributed by atoms with Gasteiger partial charge in [0, 0.05) is 31.5 Å². The third kappa shape index (κ3) is 2.89. The van der Waals surface area contributed by atoms with Crippen molar-refractivity contribution in [3.63, 3.8) is 0 Å². The summed E-state index contributed by atoms with van der Waals surface area (Å²) in [6, 6.07) is 10.4. The maximum Gasteiger partial charge on any atom is 0.0629 e. The molecule has 2 nitrogen and oxygen atoms in total. The first-order chi connectivity index (χ1) is 10.3. The number of benzene rings is 1. The molecule has 1 aliphatic rings. The number of aromatic nitrogens is 1. The average molecular weight is 276 g/mol. The van der Waals surface area contributed by atoms with Crippen LogP contribution < -0.4 is 4.90 Å². The number of fused-ring (bicyclic) bond motifs is 1. The molecule has 0 bridgehead atoms. The van der Waals surface area contributed by atoms with E-state index in [9.17, 15) is 0 Å². The Kier molecular flexibility index (Phi) is 3.87. The largest absolute Gasteiger partial charge is 0.377 e. The van der Waals surface area contributed by atoms with E-state index in [0.717, 1.165) is 18.5 Å². The summed E-state index contributed by atoms with van der Waals surface area (Å²) in [4.78, 5) is 6.52. The SMILES string of the molecule is CN(C)c1ccc(/C=C/c2ccccn2)c2c1C=CCC2. The summed E-state index contributed by atoms with van der Waals surface area (Å²) in [5.74, 6) is 0. The second kappa shape index (κ2) is 5.96. The van der Waals surface area contributed by atoms with Gasteiger partial charge in [0.25, 0.3) is 0 Å². The van der Waals surface area contributed by atoms with E-state index in [2.05, 4.69) is 60.4 Å². The molecule has 1 heterocycles. The van der Waals surface area contributed by atoms with E-state index in [1.165, 1.54) is 22.4 Å². The van der Waals surface area contributed by atoms with Crippen LogP contribution in [0.3, 0.4) is 0 Å². The van der Waals surface area contributed by atoms with Crippen molar-refractivity contribution in [3.05, 3.63) is 65.0 Å². The molecule has 0 radical (unpaired) electrons. The normalized spacial score (nSPS) is 13.4. The maximum absolute atomic E-state index is 4.34. The van der Waals surface area contributed by atoms with Gasteiger partial charge in [0.1, 0.15) is 0 Å². The van der Waals surface area contributed by atoms with Crippen LogP contribution in [0.4, 0.5) is 5.69 Å². The fourth-order valence-corrected chi connectivity index (χ4v) is 2.76. The molecule has 3 rings (SSSR count). The Balaban J connectivity index is 2.01. The first-order valence-electron chi connectivity index (χ1n) is 7.34. The number of pyridine rings is 1. The highest BCUT2D eigenvalue weighted by atomic mass is 15.1. The summed E-state index contributed by atoms with van der Waals surface area (Å²) >= 11 is 0. The molecule has 0 N–H and O–H groups in total. The Labute approximate surface area is 126 Å². The second-order valence-corrected chi connectivity index (χ2v) is 5.49. The maximum atomic E-state index is 4.34. The minimum absolute atomic E-state index is 0.995. The van der Waals surface area contributed by atoms with Crippen LogP contribution in [-0.2, 0) is 6.42 Å². The molecule has 0 saturated heterocycles. The predicted molar refractivity (Wildman–Crippen MR) is 91.3 cm³/mol. The van der Waals surface area contributed by atoms with Crippen LogP contribution in [0.5, 0.6) is 0 Å². The van der Waals surface area contributed by atoms with Crippen molar-refractivity contribution in [3.8, 4) is 0 Å². The monoisotopic (exact) mass is 276 g/mol. The lowest BCUT2D eigenvalue weighted by molar-refractivity contribution is 0.975. The Morgan fingerprint density at radius 2 is 2.00 bits per heavy atom. The Bertz CT molecular complexity index is 682. The van der Waals surface area contributed by atoms with E-state index < -0.39 is 0 Å². The zero-order valence-electron chi connectivity index (χ0n) is 12.6. The third-order valence-electron chi connectivity index (χ3n) is 3.82. The van der Waals surface area contributed by atoms with Gasteiger partial charge in [-0.3, -0.25) is 4.98 Å². The molecular weight excluding hydrogens is 256 g/mol. The van der Waals surface area contributed by atoms with Gasteiger partial charge in [0.05, 0.1) is 5.69 Å². The van der Waals surface area contributed by atoms with Crippen molar-refractivity contribution < 1.29 is 0 Å². The fourth-order valence-electron chi connectivity index (χ4n) is 2.76. The van der Waals surface area contributed by atoms with E-state index >= 15 is 0 Å². The second-order valence-electron chi connectivity index (χ2n) is 5.49. The lowest BCUT2D eigenvalue weighted by Crippen LogP contribution is -2.12. The standard InChI is InChI=1S/C19H20N2/c1-21(2)19-13-11-15(17-8-3-4-9-18(17)19)10-12-16-7-5-6-14-20-16/h4-7,9-14H,3,8H2,1-2H3/b12-10+. The van der Waals surface area contributed by atoms with Crippen LogP contribution in [-0.4, -0.2) is 19.1 Å². The molecule has 106 valence electrons. The molecule has 0 unspecified atom stereocenters. The molecule has 0 spiro atoms. The van der Waals surface area contributed by atoms with Crippen LogP contribution in [0.2, 0.25) is 0 Å². The minimum atomic E-state index is 0.995. The molecule has 2 aromatic rings. The first kappa shape index (κ1) is 13.6. The summed E-state index contributed by atoms with van der Waals surface area (Å²) in [7, 11) is 4.20. The van der Waals surface area contributed by atoms with Gasteiger partial charge in [-0.25, -0.2) is 0 Å². The molecule has 0 atom stereocenters. The van der Waals surface area contributed by atoms with Crippen molar-refractivity contribution in [2.45, 2.75) is 12.8 Å². The number of rotatable bonds is 3. The van der Waals surface area contributed by atoms with E-state index in [0.29, 0.717) is 0 Å². The Morgan fingerprint density at radius 1 is 1.10 bits per heavy atom. The highest BCUT2D eigenvalue weighted by Gasteiger charge is 2.13. The van der Waals surface area contributed by atoms with Crippen LogP contribution in [0.15, 0.2) is 42.6 Å². The van der Waals surface area contributed by atoms with Gasteiger partial charge < -0.3 is 4.90 Å². The molecule has 1 aromatic carbocycles. The Hall–Kier alpha value is -2.35. The summed E-state index contributed by atoms with van der Waals surface area (Å²) in [6.45, 7) is 0. The number of hydrogen-bond donors (Lipinski definition) is 0. The lowest BCUT2D eigenvalue weighted by Gasteiger charge is -2.22. The minimum Gasteiger partial charge on any atom is -0.377 e. The van der Waals surface area contributed by atoms with Gasteiger partial charge in [-0.05, 0) is 48.2 Å². The quantitative estimate of drug-likeness (QED) is 0.832. The van der Waals surface area contributed by atoms with Gasteiger partial charge >= 0.3 is 0 Å². The predicted octanol–water partition coefficient (Wildman–Crippen LogP) is 4.28. The van der Waals surface area contributed by atoms with Gasteiger partial charge in [0.2, 0.25) is 0 Å². The highest BCUT2D eigenvalue weighted by Crippen LogP contribution is 2.32. The van der Waals surface area contributed by atoms with Crippen LogP contribution >= 0.6 is 0 Å². The Morgan fingerprint density at radius 3 is 2.76 bits per heavy atom. The molecule has 1 aromatic heterocycles. The van der Waals surface area contributed by atoms with Gasteiger partial charge in [-0.1, -0.05) is 30.4 Å². The average Bonchev–Trinajstić information content (AvgIpc) is 2.53. The molecule has 21 heavy (non-hydrogen) atoms. The van der Waals surface area contributed by atoms with E-state index in [4.69, 9.17) is 0 Å². The summed E-state index contributed by atoms with van der Waals surface area (Å²) in [5.41, 5.74) is 6.38. The third-order valence-corrected chi connectivity index (χ3v) is 3.82. The molecule has 0 fully saturated rings. The zero-order valence-corrected chi connectivity index (χ0v) is 12.6. The summed E-state index contributed by atoms with van der Waals surface area (Å²) in [5, 5.41) is 0. The van der Waals surface area contributed by atoms with Crippen LogP contribution in [0.1, 0.15) is 28.8 Å². The van der Waals surface area contributed by atoms with Gasteiger partial charge in [-0.2, -0.15) is 0 Å². The molecule has 0 saturated carbocycles. The summed E-state index contributed by atoms with van der Waals surface area (Å²) in [6.07, 6.45) is 12.8. The van der Waals surface area contributed by atoms with Gasteiger partial charge in [-0.15, -0.1) is 0 Å². The fraction of sp³-hybridized carbons (Fsp3) is 0.211. The number of hydrogen-bond acceptors (Lipinski definition) is 2. The van der Waals surface area contributed by atoms with Crippen molar-refractivity contribution in [1.29, 1.82) is 0 Å². The number of anilines is 1. The molecule has 0 amide bonds. The highest BCUT2D eigenvalue weighted by molar-refractivity contribution is 5.79. The smallest absolute Gasteiger partial charge is 0.0629 e. The topological polar surface area (TPSA) is 16.1 Å². The molecular formula is C19H20N2. The van der Waals surface area contributed by atoms with E-state index in [1.807, 2.05) is 24.4 Å². The van der Waals surface area contributed by atoms with Crippen molar-refractivity contribution in [2.24, 2.45) is 0 Å². The summed E-state index contributed by atoms with van der Waals surface area (Å²) < 4.78 is 0. The molecule has 2 heteroatoms. The van der Waals surface area contributed by atoms with Crippen molar-refractivity contribution in [2.75, 3.05) is 19.0 Å².